The Morgan fingerprint density at radius 3 is 1.69 bits per heavy atom. The third kappa shape index (κ3) is 25.3. The second-order valence-electron chi connectivity index (χ2n) is 21.3. The number of hydrazone groups is 1. The van der Waals surface area contributed by atoms with Gasteiger partial charge in [0.05, 0.1) is 109 Å². The van der Waals surface area contributed by atoms with Gasteiger partial charge in [-0.2, -0.15) is 5.10 Å². The molecular weight excluding hydrogens is 1150 g/mol. The first-order valence-corrected chi connectivity index (χ1v) is 32.3. The zero-order chi connectivity index (χ0) is 61.1. The standard InChI is InChI=1S/C60H90N8O16S2/c1-3-85-50-40-55(72)67(58(50)74)24-18-52(69)61-21-27-79-32-36-83-39-38-81-34-30-77-26-20-54(71)64-42-44-12-14-45(15-13-44)57-49-11-7-8-46(16-17-48(49)43(2)65-66-57)84-60(76)63-23-29-80-33-37-82-35-31-78-28-22-62-53(70)19-25-68-56(73)41-51(59(68)75)86-47-9-5-4-6-10-47/h3,12-15,46-48,50-51,66H,1,4-11,16-42H2,2H3,(H,61,69)(H,62,70)(H,63,76)(H,64,71). The summed E-state index contributed by atoms with van der Waals surface area (Å²) >= 11 is 2.85. The number of thioether (sulfide) groups is 2. The Morgan fingerprint density at radius 2 is 1.12 bits per heavy atom. The Bertz CT molecular complexity index is 2410. The molecule has 5 aliphatic rings. The number of alkyl carbamates (subject to hydrolysis) is 1. The molecule has 4 fully saturated rings. The van der Waals surface area contributed by atoms with Crippen LogP contribution in [0.15, 0.2) is 46.9 Å². The quantitative estimate of drug-likeness (QED) is 0.0449. The van der Waals surface area contributed by atoms with Gasteiger partial charge < -0.3 is 59.2 Å². The van der Waals surface area contributed by atoms with Crippen molar-refractivity contribution in [2.75, 3.05) is 125 Å². The Kier molecular flexibility index (Phi) is 32.5. The lowest BCUT2D eigenvalue weighted by Gasteiger charge is -2.32. The van der Waals surface area contributed by atoms with Crippen LogP contribution in [0, 0.1) is 5.92 Å². The molecule has 3 heterocycles. The monoisotopic (exact) mass is 1240 g/mol. The van der Waals surface area contributed by atoms with Gasteiger partial charge in [0.1, 0.15) is 6.10 Å². The fourth-order valence-electron chi connectivity index (χ4n) is 10.4. The Morgan fingerprint density at radius 1 is 0.605 bits per heavy atom. The van der Waals surface area contributed by atoms with Crippen LogP contribution in [0.1, 0.15) is 114 Å². The summed E-state index contributed by atoms with van der Waals surface area (Å²) in [7, 11) is 0. The molecule has 1 aromatic carbocycles. The lowest BCUT2D eigenvalue weighted by molar-refractivity contribution is -0.140. The molecule has 86 heavy (non-hydrogen) atoms. The molecule has 2 saturated carbocycles. The van der Waals surface area contributed by atoms with Gasteiger partial charge in [0, 0.05) is 88.3 Å². The summed E-state index contributed by atoms with van der Waals surface area (Å²) in [6.07, 6.45) is 9.67. The third-order valence-electron chi connectivity index (χ3n) is 15.0. The molecule has 26 heteroatoms. The van der Waals surface area contributed by atoms with Crippen LogP contribution in [-0.4, -0.2) is 210 Å². The zero-order valence-corrected chi connectivity index (χ0v) is 51.6. The molecule has 6 rings (SSSR count). The van der Waals surface area contributed by atoms with Gasteiger partial charge in [0.15, 0.2) is 0 Å². The molecule has 478 valence electrons. The average molecular weight is 1240 g/mol. The van der Waals surface area contributed by atoms with Crippen molar-refractivity contribution in [1.29, 1.82) is 0 Å². The van der Waals surface area contributed by atoms with Crippen LogP contribution in [0.2, 0.25) is 0 Å². The lowest BCUT2D eigenvalue weighted by atomic mass is 9.80. The number of likely N-dealkylation sites (tertiary alicyclic amines) is 2. The molecule has 3 aliphatic heterocycles. The number of nitrogens with zero attached hydrogens (tertiary/aromatic N) is 3. The number of hydrogen-bond acceptors (Lipinski definition) is 20. The van der Waals surface area contributed by atoms with Gasteiger partial charge in [0.25, 0.3) is 0 Å². The summed E-state index contributed by atoms with van der Waals surface area (Å²) in [5.74, 6) is -1.41. The van der Waals surface area contributed by atoms with Crippen molar-refractivity contribution < 1.29 is 76.3 Å². The second-order valence-corrected chi connectivity index (χ2v) is 24.0. The predicted molar refractivity (Wildman–Crippen MR) is 324 cm³/mol. The van der Waals surface area contributed by atoms with E-state index in [9.17, 15) is 38.4 Å². The highest BCUT2D eigenvalue weighted by molar-refractivity contribution is 8.03. The molecule has 24 nitrogen and oxygen atoms in total. The van der Waals surface area contributed by atoms with E-state index in [1.54, 1.807) is 11.8 Å². The van der Waals surface area contributed by atoms with Crippen LogP contribution >= 0.6 is 23.5 Å². The van der Waals surface area contributed by atoms with Crippen molar-refractivity contribution in [2.24, 2.45) is 11.0 Å². The number of imide groups is 2. The SMILES string of the molecule is C=CSC1CC(=O)N(CCC(=O)NCCOCCOCCOCCOCCC(=O)NCc2ccc(C3=C4CCCC(OC(=O)NCCOCCOCCOCCNC(=O)CCN5C(=O)CC(SC6CCCCC6)C5=O)CCC4C(C)=NN3)cc2)C1=O. The first-order valence-electron chi connectivity index (χ1n) is 30.4. The number of benzene rings is 1. The van der Waals surface area contributed by atoms with Crippen LogP contribution < -0.4 is 26.7 Å². The maximum absolute atomic E-state index is 12.8. The minimum atomic E-state index is -0.471. The van der Waals surface area contributed by atoms with Crippen molar-refractivity contribution in [3.05, 3.63) is 53.0 Å². The van der Waals surface area contributed by atoms with Crippen molar-refractivity contribution in [1.82, 2.24) is 36.5 Å². The van der Waals surface area contributed by atoms with Crippen LogP contribution in [0.5, 0.6) is 0 Å². The highest BCUT2D eigenvalue weighted by Crippen LogP contribution is 2.38. The van der Waals surface area contributed by atoms with E-state index in [0.717, 1.165) is 66.0 Å². The smallest absolute Gasteiger partial charge is 0.407 e. The lowest BCUT2D eigenvalue weighted by Crippen LogP contribution is -2.36. The molecule has 0 bridgehead atoms. The fourth-order valence-corrected chi connectivity index (χ4v) is 12.7. The van der Waals surface area contributed by atoms with E-state index >= 15 is 0 Å². The van der Waals surface area contributed by atoms with Crippen LogP contribution in [0.3, 0.4) is 0 Å². The summed E-state index contributed by atoms with van der Waals surface area (Å²) in [6.45, 7) is 11.8. The fraction of sp³-hybridized carbons (Fsp3) is 0.683. The third-order valence-corrected chi connectivity index (χ3v) is 17.5. The topological polar surface area (TPSA) is 289 Å². The molecule has 5 N–H and O–H groups in total. The largest absolute Gasteiger partial charge is 0.446 e. The van der Waals surface area contributed by atoms with Gasteiger partial charge in [-0.25, -0.2) is 4.79 Å². The van der Waals surface area contributed by atoms with E-state index in [1.165, 1.54) is 46.9 Å². The Labute approximate surface area is 513 Å². The Hall–Kier alpha value is -5.45. The number of carbonyl (C=O) groups excluding carboxylic acids is 8. The van der Waals surface area contributed by atoms with Crippen LogP contribution in [0.4, 0.5) is 4.79 Å². The molecule has 1 aromatic rings. The summed E-state index contributed by atoms with van der Waals surface area (Å²) in [5, 5.41) is 17.1. The molecule has 2 aliphatic carbocycles. The summed E-state index contributed by atoms with van der Waals surface area (Å²) in [6, 6.07) is 8.09. The van der Waals surface area contributed by atoms with Gasteiger partial charge >= 0.3 is 6.09 Å². The average Bonchev–Trinajstić information content (AvgIpc) is 2.54. The number of nitrogens with one attached hydrogen (secondary N) is 5. The molecule has 2 saturated heterocycles. The van der Waals surface area contributed by atoms with E-state index in [4.69, 9.17) is 37.9 Å². The summed E-state index contributed by atoms with van der Waals surface area (Å²) in [5.41, 5.74) is 8.55. The maximum Gasteiger partial charge on any atom is 0.407 e. The summed E-state index contributed by atoms with van der Waals surface area (Å²) < 4.78 is 44.6. The van der Waals surface area contributed by atoms with Crippen molar-refractivity contribution >= 4 is 82.4 Å². The number of carbonyl (C=O) groups is 8. The first kappa shape index (κ1) is 69.6. The van der Waals surface area contributed by atoms with Crippen molar-refractivity contribution in [2.45, 2.75) is 132 Å². The number of amides is 8. The molecule has 4 atom stereocenters. The first-order chi connectivity index (χ1) is 41.9. The molecule has 0 spiro atoms. The van der Waals surface area contributed by atoms with E-state index < -0.39 is 11.3 Å². The van der Waals surface area contributed by atoms with Gasteiger partial charge in [-0.3, -0.25) is 48.8 Å². The number of hydrogen-bond donors (Lipinski definition) is 5. The molecule has 4 unspecified atom stereocenters. The van der Waals surface area contributed by atoms with Crippen molar-refractivity contribution in [3.63, 3.8) is 0 Å². The van der Waals surface area contributed by atoms with Crippen LogP contribution in [0.25, 0.3) is 5.70 Å². The minimum Gasteiger partial charge on any atom is -0.446 e. The van der Waals surface area contributed by atoms with Gasteiger partial charge in [-0.1, -0.05) is 50.1 Å². The van der Waals surface area contributed by atoms with E-state index in [1.807, 2.05) is 31.2 Å². The predicted octanol–water partition coefficient (Wildman–Crippen LogP) is 4.38. The second kappa shape index (κ2) is 40.2. The molecular formula is C60H90N8O16S2. The number of fused-ring (bicyclic) bond motifs is 1. The van der Waals surface area contributed by atoms with E-state index in [2.05, 4.69) is 38.4 Å². The maximum atomic E-state index is 12.8. The Balaban J connectivity index is 0.706. The number of allylic oxidation sites excluding steroid dienone is 1. The minimum absolute atomic E-state index is 0.0330. The number of ether oxygens (including phenoxy) is 8. The highest BCUT2D eigenvalue weighted by Gasteiger charge is 2.41. The summed E-state index contributed by atoms with van der Waals surface area (Å²) in [4.78, 5) is 102. The van der Waals surface area contributed by atoms with Crippen LogP contribution in [-0.2, 0) is 78.0 Å². The van der Waals surface area contributed by atoms with Gasteiger partial charge in [-0.15, -0.1) is 23.5 Å². The normalized spacial score (nSPS) is 20.0. The molecule has 8 amide bonds. The van der Waals surface area contributed by atoms with E-state index in [0.29, 0.717) is 124 Å². The van der Waals surface area contributed by atoms with E-state index in [-0.39, 0.29) is 110 Å². The number of rotatable bonds is 41. The zero-order valence-electron chi connectivity index (χ0n) is 49.9. The van der Waals surface area contributed by atoms with Gasteiger partial charge in [-0.05, 0) is 74.0 Å². The molecule has 0 radical (unpaired) electrons. The van der Waals surface area contributed by atoms with Crippen molar-refractivity contribution in [3.8, 4) is 0 Å². The molecule has 0 aromatic heterocycles. The highest BCUT2D eigenvalue weighted by atomic mass is 32.2. The van der Waals surface area contributed by atoms with Gasteiger partial charge in [0.2, 0.25) is 41.4 Å².